The third-order valence-electron chi connectivity index (χ3n) is 3.18. The van der Waals surface area contributed by atoms with Gasteiger partial charge in [-0.2, -0.15) is 0 Å². The molecule has 7 heteroatoms. The second-order valence-corrected chi connectivity index (χ2v) is 4.49. The van der Waals surface area contributed by atoms with Crippen LogP contribution in [-0.2, 0) is 14.3 Å². The van der Waals surface area contributed by atoms with E-state index in [-0.39, 0.29) is 29.5 Å². The molecule has 1 unspecified atom stereocenters. The Morgan fingerprint density at radius 2 is 2.15 bits per heavy atom. The Labute approximate surface area is 115 Å². The largest absolute Gasteiger partial charge is 0.465 e. The molecule has 3 N–H and O–H groups in total. The number of nitrogen functional groups attached to an aromatic ring is 1. The Balaban J connectivity index is 2.21. The van der Waals surface area contributed by atoms with Gasteiger partial charge in [0.2, 0.25) is 5.91 Å². The fraction of sp³-hybridized carbons (Fsp3) is 0.308. The van der Waals surface area contributed by atoms with Crippen molar-refractivity contribution < 1.29 is 19.1 Å². The molecule has 1 aliphatic rings. The Kier molecular flexibility index (Phi) is 3.60. The van der Waals surface area contributed by atoms with Crippen LogP contribution in [0.15, 0.2) is 18.2 Å². The van der Waals surface area contributed by atoms with Crippen LogP contribution >= 0.6 is 0 Å². The average Bonchev–Trinajstić information content (AvgIpc) is 2.67. The number of likely N-dealkylation sites (tertiary alicyclic amines) is 1. The van der Waals surface area contributed by atoms with Crippen LogP contribution in [0.1, 0.15) is 16.8 Å². The van der Waals surface area contributed by atoms with Crippen LogP contribution in [0.5, 0.6) is 0 Å². The number of hydrogen-bond acceptors (Lipinski definition) is 6. The summed E-state index contributed by atoms with van der Waals surface area (Å²) in [5, 5.41) is 2.92. The number of nitrogens with two attached hydrogens (primary N) is 1. The number of carbonyl (C=O) groups is 3. The van der Waals surface area contributed by atoms with Crippen LogP contribution in [-0.4, -0.2) is 42.9 Å². The Morgan fingerprint density at radius 3 is 2.70 bits per heavy atom. The number of esters is 1. The van der Waals surface area contributed by atoms with Crippen LogP contribution in [0.2, 0.25) is 0 Å². The van der Waals surface area contributed by atoms with Gasteiger partial charge >= 0.3 is 5.97 Å². The predicted octanol–water partition coefficient (Wildman–Crippen LogP) is 0.225. The first-order chi connectivity index (χ1) is 9.43. The zero-order valence-electron chi connectivity index (χ0n) is 11.2. The molecule has 0 aliphatic carbocycles. The molecule has 0 aromatic heterocycles. The lowest BCUT2D eigenvalue weighted by molar-refractivity contribution is -0.136. The molecule has 1 aromatic rings. The van der Waals surface area contributed by atoms with Crippen LogP contribution in [0.25, 0.3) is 0 Å². The minimum atomic E-state index is -0.623. The van der Waals surface area contributed by atoms with Crippen LogP contribution in [0, 0.1) is 0 Å². The molecule has 0 saturated carbocycles. The number of rotatable bonds is 3. The average molecular weight is 277 g/mol. The lowest BCUT2D eigenvalue weighted by Gasteiger charge is -2.13. The van der Waals surface area contributed by atoms with E-state index >= 15 is 0 Å². The van der Waals surface area contributed by atoms with Gasteiger partial charge in [0.15, 0.2) is 0 Å². The van der Waals surface area contributed by atoms with Crippen LogP contribution in [0.4, 0.5) is 11.4 Å². The van der Waals surface area contributed by atoms with Crippen molar-refractivity contribution in [1.29, 1.82) is 0 Å². The van der Waals surface area contributed by atoms with Crippen molar-refractivity contribution >= 4 is 29.2 Å². The second kappa shape index (κ2) is 5.20. The molecule has 1 aliphatic heterocycles. The molecule has 1 heterocycles. The molecule has 0 bridgehead atoms. The van der Waals surface area contributed by atoms with Gasteiger partial charge in [0.1, 0.15) is 6.04 Å². The summed E-state index contributed by atoms with van der Waals surface area (Å²) in [6.07, 6.45) is 0.0905. The van der Waals surface area contributed by atoms with E-state index in [1.165, 1.54) is 20.2 Å². The van der Waals surface area contributed by atoms with Crippen molar-refractivity contribution in [2.24, 2.45) is 0 Å². The highest BCUT2D eigenvalue weighted by Gasteiger charge is 2.35. The Hall–Kier alpha value is -2.57. The van der Waals surface area contributed by atoms with Gasteiger partial charge < -0.3 is 15.8 Å². The Morgan fingerprint density at radius 1 is 1.45 bits per heavy atom. The van der Waals surface area contributed by atoms with Gasteiger partial charge in [-0.05, 0) is 18.2 Å². The summed E-state index contributed by atoms with van der Waals surface area (Å²) in [5.74, 6) is -1.10. The fourth-order valence-corrected chi connectivity index (χ4v) is 2.00. The first-order valence-electron chi connectivity index (χ1n) is 5.99. The molecule has 106 valence electrons. The van der Waals surface area contributed by atoms with E-state index < -0.39 is 12.0 Å². The number of nitrogens with one attached hydrogen (secondary N) is 1. The topological polar surface area (TPSA) is 102 Å². The molecule has 1 fully saturated rings. The van der Waals surface area contributed by atoms with E-state index in [4.69, 9.17) is 5.73 Å². The molecule has 0 radical (unpaired) electrons. The highest BCUT2D eigenvalue weighted by atomic mass is 16.5. The molecule has 1 saturated heterocycles. The first-order valence-corrected chi connectivity index (χ1v) is 5.99. The molecule has 2 rings (SSSR count). The highest BCUT2D eigenvalue weighted by Crippen LogP contribution is 2.22. The third kappa shape index (κ3) is 2.42. The molecule has 7 nitrogen and oxygen atoms in total. The number of imide groups is 1. The molecule has 1 aromatic carbocycles. The summed E-state index contributed by atoms with van der Waals surface area (Å²) in [4.78, 5) is 35.8. The summed E-state index contributed by atoms with van der Waals surface area (Å²) < 4.78 is 4.62. The van der Waals surface area contributed by atoms with E-state index in [1.807, 2.05) is 0 Å². The van der Waals surface area contributed by atoms with E-state index in [9.17, 15) is 14.4 Å². The molecule has 20 heavy (non-hydrogen) atoms. The normalized spacial score (nSPS) is 18.3. The summed E-state index contributed by atoms with van der Waals surface area (Å²) in [7, 11) is 2.70. The number of anilines is 2. The minimum absolute atomic E-state index is 0.0905. The number of methoxy groups -OCH3 is 1. The molecular weight excluding hydrogens is 262 g/mol. The summed E-state index contributed by atoms with van der Waals surface area (Å²) in [5.41, 5.74) is 6.71. The van der Waals surface area contributed by atoms with Crippen molar-refractivity contribution in [3.05, 3.63) is 23.8 Å². The van der Waals surface area contributed by atoms with E-state index in [2.05, 4.69) is 10.1 Å². The Bertz CT molecular complexity index is 585. The highest BCUT2D eigenvalue weighted by molar-refractivity contribution is 6.06. The quantitative estimate of drug-likeness (QED) is 0.465. The summed E-state index contributed by atoms with van der Waals surface area (Å²) in [6, 6.07) is 4.05. The van der Waals surface area contributed by atoms with Gasteiger partial charge in [-0.15, -0.1) is 0 Å². The number of amides is 2. The van der Waals surface area contributed by atoms with Gasteiger partial charge in [0.25, 0.3) is 5.91 Å². The maximum atomic E-state index is 11.8. The zero-order chi connectivity index (χ0) is 14.9. The van der Waals surface area contributed by atoms with Crippen molar-refractivity contribution in [3.63, 3.8) is 0 Å². The van der Waals surface area contributed by atoms with Crippen molar-refractivity contribution in [3.8, 4) is 0 Å². The molecule has 1 atom stereocenters. The standard InChI is InChI=1S/C13H15N3O4/c1-16-11(17)6-10(12(16)18)15-7-3-4-9(14)8(5-7)13(19)20-2/h3-5,10,15H,6,14H2,1-2H3. The van der Waals surface area contributed by atoms with Crippen molar-refractivity contribution in [2.45, 2.75) is 12.5 Å². The summed E-state index contributed by atoms with van der Waals surface area (Å²) >= 11 is 0. The van der Waals surface area contributed by atoms with Crippen LogP contribution in [0.3, 0.4) is 0 Å². The van der Waals surface area contributed by atoms with Gasteiger partial charge in [0.05, 0.1) is 19.1 Å². The van der Waals surface area contributed by atoms with Gasteiger partial charge in [-0.25, -0.2) is 4.79 Å². The SMILES string of the molecule is COC(=O)c1cc(NC2CC(=O)N(C)C2=O)ccc1N. The number of benzene rings is 1. The molecular formula is C13H15N3O4. The molecule has 2 amide bonds. The van der Waals surface area contributed by atoms with Crippen molar-refractivity contribution in [2.75, 3.05) is 25.2 Å². The van der Waals surface area contributed by atoms with Gasteiger partial charge in [-0.1, -0.05) is 0 Å². The third-order valence-corrected chi connectivity index (χ3v) is 3.18. The smallest absolute Gasteiger partial charge is 0.340 e. The maximum absolute atomic E-state index is 11.8. The summed E-state index contributed by atoms with van der Waals surface area (Å²) in [6.45, 7) is 0. The van der Waals surface area contributed by atoms with Gasteiger partial charge in [0, 0.05) is 18.4 Å². The van der Waals surface area contributed by atoms with Gasteiger partial charge in [-0.3, -0.25) is 14.5 Å². The lowest BCUT2D eigenvalue weighted by Crippen LogP contribution is -2.31. The molecule has 0 spiro atoms. The number of ether oxygens (including phenoxy) is 1. The van der Waals surface area contributed by atoms with Crippen LogP contribution < -0.4 is 11.1 Å². The number of hydrogen-bond donors (Lipinski definition) is 2. The number of likely N-dealkylation sites (N-methyl/N-ethyl adjacent to an activating group) is 1. The van der Waals surface area contributed by atoms with E-state index in [1.54, 1.807) is 12.1 Å². The predicted molar refractivity (Wildman–Crippen MR) is 72.0 cm³/mol. The second-order valence-electron chi connectivity index (χ2n) is 4.49. The zero-order valence-corrected chi connectivity index (χ0v) is 11.2. The fourth-order valence-electron chi connectivity index (χ4n) is 2.00. The monoisotopic (exact) mass is 277 g/mol. The van der Waals surface area contributed by atoms with E-state index in [0.29, 0.717) is 5.69 Å². The van der Waals surface area contributed by atoms with E-state index in [0.717, 1.165) is 4.90 Å². The lowest BCUT2D eigenvalue weighted by atomic mass is 10.1. The maximum Gasteiger partial charge on any atom is 0.340 e. The minimum Gasteiger partial charge on any atom is -0.465 e. The number of carbonyl (C=O) groups excluding carboxylic acids is 3. The first kappa shape index (κ1) is 13.9. The number of nitrogens with zero attached hydrogens (tertiary/aromatic N) is 1. The van der Waals surface area contributed by atoms with Crippen molar-refractivity contribution in [1.82, 2.24) is 4.90 Å².